The van der Waals surface area contributed by atoms with Gasteiger partial charge in [0.25, 0.3) is 0 Å². The summed E-state index contributed by atoms with van der Waals surface area (Å²) in [6.07, 6.45) is -0.694. The molecule has 0 aliphatic carbocycles. The van der Waals surface area contributed by atoms with Crippen LogP contribution in [-0.2, 0) is 4.74 Å². The van der Waals surface area contributed by atoms with Crippen LogP contribution in [0, 0.1) is 11.6 Å². The first-order chi connectivity index (χ1) is 8.11. The van der Waals surface area contributed by atoms with E-state index in [1.165, 1.54) is 7.05 Å². The normalized spacial score (nSPS) is 11.2. The van der Waals surface area contributed by atoms with E-state index in [2.05, 4.69) is 0 Å². The van der Waals surface area contributed by atoms with Gasteiger partial charge >= 0.3 is 6.09 Å². The van der Waals surface area contributed by atoms with Crippen molar-refractivity contribution < 1.29 is 18.3 Å². The van der Waals surface area contributed by atoms with Crippen molar-refractivity contribution in [3.63, 3.8) is 0 Å². The molecule has 0 fully saturated rings. The highest BCUT2D eigenvalue weighted by Crippen LogP contribution is 2.26. The molecule has 18 heavy (non-hydrogen) atoms. The number of anilines is 2. The van der Waals surface area contributed by atoms with Crippen LogP contribution in [0.25, 0.3) is 0 Å². The predicted molar refractivity (Wildman–Crippen MR) is 65.4 cm³/mol. The minimum Gasteiger partial charge on any atom is -0.443 e. The monoisotopic (exact) mass is 258 g/mol. The van der Waals surface area contributed by atoms with Crippen molar-refractivity contribution in [2.45, 2.75) is 26.4 Å². The lowest BCUT2D eigenvalue weighted by atomic mass is 10.2. The summed E-state index contributed by atoms with van der Waals surface area (Å²) in [7, 11) is 1.37. The van der Waals surface area contributed by atoms with Crippen molar-refractivity contribution >= 4 is 17.5 Å². The molecule has 1 aromatic carbocycles. The standard InChI is InChI=1S/C12H16F2N2O2/c1-12(2,3)18-11(17)16(4)10-6-8(14)7(13)5-9(10)15/h5-6H,15H2,1-4H3. The SMILES string of the molecule is CN(C(=O)OC(C)(C)C)c1cc(F)c(F)cc1N. The number of nitrogen functional groups attached to an aromatic ring is 1. The Bertz CT molecular complexity index is 470. The molecule has 0 aromatic heterocycles. The molecule has 100 valence electrons. The zero-order valence-electron chi connectivity index (χ0n) is 10.8. The van der Waals surface area contributed by atoms with E-state index in [0.29, 0.717) is 0 Å². The van der Waals surface area contributed by atoms with Crippen LogP contribution in [0.15, 0.2) is 12.1 Å². The molecular formula is C12H16F2N2O2. The van der Waals surface area contributed by atoms with Gasteiger partial charge in [-0.25, -0.2) is 13.6 Å². The number of hydrogen-bond acceptors (Lipinski definition) is 3. The van der Waals surface area contributed by atoms with Crippen LogP contribution in [0.5, 0.6) is 0 Å². The lowest BCUT2D eigenvalue weighted by molar-refractivity contribution is 0.0589. The topological polar surface area (TPSA) is 55.6 Å². The van der Waals surface area contributed by atoms with Gasteiger partial charge in [0, 0.05) is 19.2 Å². The summed E-state index contributed by atoms with van der Waals surface area (Å²) in [5, 5.41) is 0. The molecule has 0 saturated carbocycles. The molecule has 1 amide bonds. The van der Waals surface area contributed by atoms with Gasteiger partial charge in [-0.1, -0.05) is 0 Å². The van der Waals surface area contributed by atoms with Gasteiger partial charge in [0.05, 0.1) is 11.4 Å². The van der Waals surface area contributed by atoms with Crippen molar-refractivity contribution in [3.05, 3.63) is 23.8 Å². The third-order valence-corrected chi connectivity index (χ3v) is 2.10. The van der Waals surface area contributed by atoms with Gasteiger partial charge in [0.2, 0.25) is 0 Å². The molecule has 0 spiro atoms. The van der Waals surface area contributed by atoms with Gasteiger partial charge < -0.3 is 10.5 Å². The zero-order chi connectivity index (χ0) is 14.1. The summed E-state index contributed by atoms with van der Waals surface area (Å²) in [5.41, 5.74) is 4.87. The van der Waals surface area contributed by atoms with E-state index in [-0.39, 0.29) is 11.4 Å². The maximum atomic E-state index is 13.1. The molecule has 0 heterocycles. The van der Waals surface area contributed by atoms with Gasteiger partial charge in [0.1, 0.15) is 5.60 Å². The number of hydrogen-bond donors (Lipinski definition) is 1. The van der Waals surface area contributed by atoms with Crippen LogP contribution < -0.4 is 10.6 Å². The second-order valence-corrected chi connectivity index (χ2v) is 4.86. The van der Waals surface area contributed by atoms with E-state index in [1.807, 2.05) is 0 Å². The number of nitrogens with zero attached hydrogens (tertiary/aromatic N) is 1. The Hall–Kier alpha value is -1.85. The second-order valence-electron chi connectivity index (χ2n) is 4.86. The Labute approximate surface area is 104 Å². The van der Waals surface area contributed by atoms with E-state index < -0.39 is 23.3 Å². The zero-order valence-corrected chi connectivity index (χ0v) is 10.8. The number of nitrogens with two attached hydrogens (primary N) is 1. The smallest absolute Gasteiger partial charge is 0.414 e. The quantitative estimate of drug-likeness (QED) is 0.788. The third kappa shape index (κ3) is 3.32. The van der Waals surface area contributed by atoms with E-state index >= 15 is 0 Å². The Morgan fingerprint density at radius 2 is 1.78 bits per heavy atom. The third-order valence-electron chi connectivity index (χ3n) is 2.10. The number of carbonyl (C=O) groups excluding carboxylic acids is 1. The van der Waals surface area contributed by atoms with Gasteiger partial charge in [0.15, 0.2) is 11.6 Å². The van der Waals surface area contributed by atoms with Gasteiger partial charge in [-0.2, -0.15) is 0 Å². The molecule has 2 N–H and O–H groups in total. The average molecular weight is 258 g/mol. The van der Waals surface area contributed by atoms with Crippen molar-refractivity contribution in [1.29, 1.82) is 0 Å². The first-order valence-electron chi connectivity index (χ1n) is 5.33. The second kappa shape index (κ2) is 4.80. The molecule has 0 radical (unpaired) electrons. The van der Waals surface area contributed by atoms with Crippen LogP contribution in [0.4, 0.5) is 25.0 Å². The summed E-state index contributed by atoms with van der Waals surface area (Å²) in [6, 6.07) is 1.68. The largest absolute Gasteiger partial charge is 0.443 e. The highest BCUT2D eigenvalue weighted by Gasteiger charge is 2.22. The summed E-state index contributed by atoms with van der Waals surface area (Å²) < 4.78 is 31.1. The van der Waals surface area contributed by atoms with Crippen LogP contribution in [0.3, 0.4) is 0 Å². The fourth-order valence-electron chi connectivity index (χ4n) is 1.27. The molecule has 0 aliphatic rings. The molecule has 0 saturated heterocycles. The van der Waals surface area contributed by atoms with Crippen molar-refractivity contribution in [2.24, 2.45) is 0 Å². The Kier molecular flexibility index (Phi) is 3.79. The lowest BCUT2D eigenvalue weighted by Gasteiger charge is -2.25. The Balaban J connectivity index is 3.01. The minimum absolute atomic E-state index is 0.0396. The first-order valence-corrected chi connectivity index (χ1v) is 5.33. The summed E-state index contributed by atoms with van der Waals surface area (Å²) in [6.45, 7) is 5.11. The number of halogens is 2. The van der Waals surface area contributed by atoms with Crippen LogP contribution in [0.1, 0.15) is 20.8 Å². The van der Waals surface area contributed by atoms with Crippen molar-refractivity contribution in [3.8, 4) is 0 Å². The van der Waals surface area contributed by atoms with Crippen molar-refractivity contribution in [1.82, 2.24) is 0 Å². The average Bonchev–Trinajstić information content (AvgIpc) is 2.20. The Morgan fingerprint density at radius 3 is 2.28 bits per heavy atom. The molecule has 6 heteroatoms. The molecule has 4 nitrogen and oxygen atoms in total. The van der Waals surface area contributed by atoms with E-state index in [1.54, 1.807) is 20.8 Å². The number of amides is 1. The van der Waals surface area contributed by atoms with Gasteiger partial charge in [-0.05, 0) is 20.8 Å². The molecule has 0 aliphatic heterocycles. The van der Waals surface area contributed by atoms with E-state index in [0.717, 1.165) is 17.0 Å². The van der Waals surface area contributed by atoms with Gasteiger partial charge in [-0.15, -0.1) is 0 Å². The summed E-state index contributed by atoms with van der Waals surface area (Å²) in [5.74, 6) is -2.14. The number of ether oxygens (including phenoxy) is 1. The Morgan fingerprint density at radius 1 is 1.28 bits per heavy atom. The summed E-state index contributed by atoms with van der Waals surface area (Å²) >= 11 is 0. The fraction of sp³-hybridized carbons (Fsp3) is 0.417. The predicted octanol–water partition coefficient (Wildman–Crippen LogP) is 2.92. The van der Waals surface area contributed by atoms with Crippen LogP contribution >= 0.6 is 0 Å². The number of benzene rings is 1. The number of carbonyl (C=O) groups is 1. The highest BCUT2D eigenvalue weighted by atomic mass is 19.2. The fourth-order valence-corrected chi connectivity index (χ4v) is 1.27. The number of rotatable bonds is 1. The maximum Gasteiger partial charge on any atom is 0.414 e. The lowest BCUT2D eigenvalue weighted by Crippen LogP contribution is -2.34. The van der Waals surface area contributed by atoms with E-state index in [9.17, 15) is 13.6 Å². The van der Waals surface area contributed by atoms with Crippen molar-refractivity contribution in [2.75, 3.05) is 17.7 Å². The van der Waals surface area contributed by atoms with Crippen LogP contribution in [-0.4, -0.2) is 18.7 Å². The maximum absolute atomic E-state index is 13.1. The van der Waals surface area contributed by atoms with E-state index in [4.69, 9.17) is 10.5 Å². The molecule has 0 atom stereocenters. The molecule has 0 bridgehead atoms. The summed E-state index contributed by atoms with van der Waals surface area (Å²) in [4.78, 5) is 12.8. The van der Waals surface area contributed by atoms with Gasteiger partial charge in [-0.3, -0.25) is 4.90 Å². The first kappa shape index (κ1) is 14.2. The minimum atomic E-state index is -1.07. The molecular weight excluding hydrogens is 242 g/mol. The molecule has 1 aromatic rings. The van der Waals surface area contributed by atoms with Crippen LogP contribution in [0.2, 0.25) is 0 Å². The molecule has 0 unspecified atom stereocenters. The molecule has 1 rings (SSSR count). The highest BCUT2D eigenvalue weighted by molar-refractivity contribution is 5.91.